The molecule has 0 bridgehead atoms. The van der Waals surface area contributed by atoms with Gasteiger partial charge in [0.05, 0.1) is 11.3 Å². The van der Waals surface area contributed by atoms with Crippen molar-refractivity contribution in [1.82, 2.24) is 9.71 Å². The number of rotatable bonds is 7. The molecule has 134 valence electrons. The van der Waals surface area contributed by atoms with Crippen molar-refractivity contribution in [2.75, 3.05) is 6.54 Å². The van der Waals surface area contributed by atoms with Gasteiger partial charge in [-0.25, -0.2) is 13.1 Å². The van der Waals surface area contributed by atoms with Crippen molar-refractivity contribution in [3.05, 3.63) is 42.1 Å². The van der Waals surface area contributed by atoms with Crippen molar-refractivity contribution in [2.24, 2.45) is 11.7 Å². The molecule has 3 N–H and O–H groups in total. The van der Waals surface area contributed by atoms with Gasteiger partial charge in [-0.3, -0.25) is 4.98 Å². The zero-order valence-electron chi connectivity index (χ0n) is 14.3. The number of aromatic nitrogens is 1. The van der Waals surface area contributed by atoms with Crippen LogP contribution in [0.2, 0.25) is 0 Å². The van der Waals surface area contributed by atoms with Crippen LogP contribution in [0.15, 0.2) is 36.5 Å². The van der Waals surface area contributed by atoms with Gasteiger partial charge >= 0.3 is 0 Å². The van der Waals surface area contributed by atoms with Gasteiger partial charge in [-0.05, 0) is 30.9 Å². The van der Waals surface area contributed by atoms with E-state index in [-0.39, 0.29) is 24.7 Å². The number of nitrogens with one attached hydrogen (secondary N) is 1. The maximum absolute atomic E-state index is 12.6. The monoisotopic (exact) mass is 371 g/mol. The van der Waals surface area contributed by atoms with E-state index in [4.69, 9.17) is 5.73 Å². The molecule has 1 unspecified atom stereocenters. The van der Waals surface area contributed by atoms with Crippen LogP contribution in [0.1, 0.15) is 32.8 Å². The largest absolute Gasteiger partial charge is 0.329 e. The highest BCUT2D eigenvalue weighted by molar-refractivity contribution is 7.88. The second kappa shape index (κ2) is 8.25. The lowest BCUT2D eigenvalue weighted by Gasteiger charge is -2.30. The summed E-state index contributed by atoms with van der Waals surface area (Å²) in [6.45, 7) is 6.22. The molecule has 0 fully saturated rings. The molecule has 24 heavy (non-hydrogen) atoms. The van der Waals surface area contributed by atoms with Gasteiger partial charge in [0.2, 0.25) is 10.0 Å². The number of nitrogens with zero attached hydrogens (tertiary/aromatic N) is 1. The van der Waals surface area contributed by atoms with E-state index in [2.05, 4.69) is 23.6 Å². The van der Waals surface area contributed by atoms with Crippen LogP contribution in [-0.2, 0) is 15.8 Å². The molecule has 0 aliphatic carbocycles. The highest BCUT2D eigenvalue weighted by Gasteiger charge is 2.29. The Hall–Kier alpha value is -1.21. The Kier molecular flexibility index (Phi) is 7.16. The molecule has 1 aromatic heterocycles. The predicted molar refractivity (Wildman–Crippen MR) is 102 cm³/mol. The molecule has 0 spiro atoms. The third-order valence-corrected chi connectivity index (χ3v) is 5.27. The standard InChI is InChI=1S/C17H25N3O2S.ClH/c1-13(2)10-17(3,12-18)20-23(21,22)11-15-7-4-6-14-8-5-9-19-16(14)15;/h4-9,13,20H,10-12,18H2,1-3H3;1H. The Morgan fingerprint density at radius 3 is 2.54 bits per heavy atom. The number of para-hydroxylation sites is 1. The smallest absolute Gasteiger partial charge is 0.216 e. The van der Waals surface area contributed by atoms with E-state index in [0.717, 1.165) is 10.9 Å². The first-order valence-corrected chi connectivity index (χ1v) is 9.44. The van der Waals surface area contributed by atoms with Crippen molar-refractivity contribution >= 4 is 33.3 Å². The van der Waals surface area contributed by atoms with E-state index in [1.165, 1.54) is 0 Å². The van der Waals surface area contributed by atoms with Crippen molar-refractivity contribution in [2.45, 2.75) is 38.5 Å². The molecular formula is C17H26ClN3O2S. The van der Waals surface area contributed by atoms with Gasteiger partial charge < -0.3 is 5.73 Å². The molecule has 1 aromatic carbocycles. The van der Waals surface area contributed by atoms with Crippen LogP contribution in [-0.4, -0.2) is 25.5 Å². The molecule has 0 amide bonds. The van der Waals surface area contributed by atoms with Crippen molar-refractivity contribution in [3.63, 3.8) is 0 Å². The van der Waals surface area contributed by atoms with E-state index in [0.29, 0.717) is 17.9 Å². The maximum atomic E-state index is 12.6. The van der Waals surface area contributed by atoms with Crippen molar-refractivity contribution < 1.29 is 8.42 Å². The summed E-state index contributed by atoms with van der Waals surface area (Å²) in [5, 5.41) is 0.934. The zero-order chi connectivity index (χ0) is 17.1. The number of nitrogens with two attached hydrogens (primary N) is 1. The van der Waals surface area contributed by atoms with Crippen LogP contribution in [0.25, 0.3) is 10.9 Å². The average Bonchev–Trinajstić information content (AvgIpc) is 2.46. The van der Waals surface area contributed by atoms with Gasteiger partial charge in [0.25, 0.3) is 0 Å². The van der Waals surface area contributed by atoms with E-state index < -0.39 is 15.6 Å². The fraction of sp³-hybridized carbons (Fsp3) is 0.471. The zero-order valence-corrected chi connectivity index (χ0v) is 16.0. The van der Waals surface area contributed by atoms with Gasteiger partial charge in [-0.15, -0.1) is 12.4 Å². The maximum Gasteiger partial charge on any atom is 0.216 e. The summed E-state index contributed by atoms with van der Waals surface area (Å²) in [4.78, 5) is 4.31. The van der Waals surface area contributed by atoms with Crippen LogP contribution in [0, 0.1) is 5.92 Å². The SMILES string of the molecule is CC(C)CC(C)(CN)NS(=O)(=O)Cc1cccc2cccnc12.Cl. The molecule has 0 saturated carbocycles. The molecule has 0 aliphatic rings. The molecule has 0 radical (unpaired) electrons. The summed E-state index contributed by atoms with van der Waals surface area (Å²) in [6.07, 6.45) is 2.37. The highest BCUT2D eigenvalue weighted by atomic mass is 35.5. The quantitative estimate of drug-likeness (QED) is 0.783. The van der Waals surface area contributed by atoms with E-state index >= 15 is 0 Å². The third kappa shape index (κ3) is 5.41. The van der Waals surface area contributed by atoms with Crippen molar-refractivity contribution in [1.29, 1.82) is 0 Å². The summed E-state index contributed by atoms with van der Waals surface area (Å²) in [7, 11) is -3.51. The number of pyridine rings is 1. The minimum Gasteiger partial charge on any atom is -0.329 e. The Balaban J connectivity index is 0.00000288. The fourth-order valence-electron chi connectivity index (χ4n) is 2.97. The molecule has 7 heteroatoms. The third-order valence-electron chi connectivity index (χ3n) is 3.77. The number of sulfonamides is 1. The summed E-state index contributed by atoms with van der Waals surface area (Å²) in [6, 6.07) is 9.35. The second-order valence-electron chi connectivity index (χ2n) is 6.72. The van der Waals surface area contributed by atoms with Crippen molar-refractivity contribution in [3.8, 4) is 0 Å². The highest BCUT2D eigenvalue weighted by Crippen LogP contribution is 2.21. The Morgan fingerprint density at radius 1 is 1.25 bits per heavy atom. The van der Waals surface area contributed by atoms with Crippen LogP contribution in [0.3, 0.4) is 0 Å². The molecular weight excluding hydrogens is 346 g/mol. The molecule has 5 nitrogen and oxygen atoms in total. The van der Waals surface area contributed by atoms with Crippen LogP contribution in [0.5, 0.6) is 0 Å². The lowest BCUT2D eigenvalue weighted by atomic mass is 9.92. The topological polar surface area (TPSA) is 85.1 Å². The van der Waals surface area contributed by atoms with Crippen LogP contribution in [0.4, 0.5) is 0 Å². The average molecular weight is 372 g/mol. The van der Waals surface area contributed by atoms with Crippen LogP contribution < -0.4 is 10.5 Å². The van der Waals surface area contributed by atoms with Gasteiger partial charge in [0.15, 0.2) is 0 Å². The van der Waals surface area contributed by atoms with Gasteiger partial charge in [-0.2, -0.15) is 0 Å². The molecule has 0 saturated heterocycles. The number of hydrogen-bond donors (Lipinski definition) is 2. The minimum atomic E-state index is -3.51. The predicted octanol–water partition coefficient (Wildman–Crippen LogP) is 2.84. The first-order chi connectivity index (χ1) is 10.7. The Morgan fingerprint density at radius 2 is 1.92 bits per heavy atom. The number of fused-ring (bicyclic) bond motifs is 1. The first kappa shape index (κ1) is 20.8. The normalized spacial score (nSPS) is 14.4. The second-order valence-corrected chi connectivity index (χ2v) is 8.44. The molecule has 2 aromatic rings. The molecule has 2 rings (SSSR count). The molecule has 1 heterocycles. The molecule has 1 atom stereocenters. The van der Waals surface area contributed by atoms with E-state index in [1.807, 2.05) is 31.2 Å². The number of hydrogen-bond acceptors (Lipinski definition) is 4. The summed E-state index contributed by atoms with van der Waals surface area (Å²) in [5.74, 6) is 0.250. The summed E-state index contributed by atoms with van der Waals surface area (Å²) >= 11 is 0. The molecule has 0 aliphatic heterocycles. The Labute approximate surface area is 150 Å². The number of benzene rings is 1. The van der Waals surface area contributed by atoms with Gasteiger partial charge in [-0.1, -0.05) is 38.1 Å². The number of halogens is 1. The van der Waals surface area contributed by atoms with E-state index in [1.54, 1.807) is 12.3 Å². The van der Waals surface area contributed by atoms with E-state index in [9.17, 15) is 8.42 Å². The Bertz CT molecular complexity index is 775. The fourth-order valence-corrected chi connectivity index (χ4v) is 4.60. The minimum absolute atomic E-state index is 0. The lowest BCUT2D eigenvalue weighted by molar-refractivity contribution is 0.344. The van der Waals surface area contributed by atoms with Gasteiger partial charge in [0, 0.05) is 23.7 Å². The summed E-state index contributed by atoms with van der Waals surface area (Å²) < 4.78 is 28.0. The van der Waals surface area contributed by atoms with Crippen LogP contribution >= 0.6 is 12.4 Å². The first-order valence-electron chi connectivity index (χ1n) is 7.79. The summed E-state index contributed by atoms with van der Waals surface area (Å²) in [5.41, 5.74) is 6.59. The van der Waals surface area contributed by atoms with Gasteiger partial charge in [0.1, 0.15) is 0 Å². The lowest BCUT2D eigenvalue weighted by Crippen LogP contribution is -2.52.